The molecule has 19 heavy (non-hydrogen) atoms. The summed E-state index contributed by atoms with van der Waals surface area (Å²) in [6.45, 7) is 5.22. The molecule has 0 aromatic carbocycles. The van der Waals surface area contributed by atoms with E-state index >= 15 is 0 Å². The second-order valence-electron chi connectivity index (χ2n) is 4.18. The van der Waals surface area contributed by atoms with Gasteiger partial charge in [-0.25, -0.2) is 4.98 Å². The van der Waals surface area contributed by atoms with Crippen LogP contribution >= 0.6 is 15.9 Å². The summed E-state index contributed by atoms with van der Waals surface area (Å²) < 4.78 is 3.23. The number of rotatable bonds is 4. The Kier molecular flexibility index (Phi) is 4.68. The molecule has 0 unspecified atom stereocenters. The SMILES string of the molecule is CC[n+]1c(C)cccc1/C=C/Nc1ccc(Br)cn1. The molecule has 3 nitrogen and oxygen atoms in total. The maximum absolute atomic E-state index is 4.25. The van der Waals surface area contributed by atoms with Gasteiger partial charge in [-0.2, -0.15) is 4.57 Å². The zero-order valence-corrected chi connectivity index (χ0v) is 12.7. The number of pyridine rings is 2. The van der Waals surface area contributed by atoms with Crippen LogP contribution in [0.2, 0.25) is 0 Å². The predicted molar refractivity (Wildman–Crippen MR) is 81.6 cm³/mol. The lowest BCUT2D eigenvalue weighted by Gasteiger charge is -2.01. The Morgan fingerprint density at radius 2 is 2.16 bits per heavy atom. The molecule has 2 heterocycles. The highest BCUT2D eigenvalue weighted by atomic mass is 79.9. The van der Waals surface area contributed by atoms with Crippen molar-refractivity contribution >= 4 is 27.8 Å². The van der Waals surface area contributed by atoms with Crippen molar-refractivity contribution < 1.29 is 4.57 Å². The average molecular weight is 319 g/mol. The lowest BCUT2D eigenvalue weighted by Crippen LogP contribution is -2.38. The molecule has 1 N–H and O–H groups in total. The molecular weight excluding hydrogens is 302 g/mol. The topological polar surface area (TPSA) is 28.8 Å². The van der Waals surface area contributed by atoms with E-state index in [4.69, 9.17) is 0 Å². The molecule has 0 amide bonds. The van der Waals surface area contributed by atoms with Crippen molar-refractivity contribution in [3.63, 3.8) is 0 Å². The Morgan fingerprint density at radius 1 is 1.32 bits per heavy atom. The van der Waals surface area contributed by atoms with Gasteiger partial charge in [0.2, 0.25) is 5.69 Å². The molecule has 0 saturated carbocycles. The van der Waals surface area contributed by atoms with Crippen molar-refractivity contribution in [1.82, 2.24) is 4.98 Å². The second kappa shape index (κ2) is 6.48. The summed E-state index contributed by atoms with van der Waals surface area (Å²) in [5.41, 5.74) is 2.43. The number of hydrogen-bond donors (Lipinski definition) is 1. The van der Waals surface area contributed by atoms with E-state index in [2.05, 4.69) is 68.9 Å². The van der Waals surface area contributed by atoms with E-state index in [1.54, 1.807) is 6.20 Å². The fourth-order valence-corrected chi connectivity index (χ4v) is 2.16. The molecule has 4 heteroatoms. The molecule has 0 radical (unpaired) electrons. The summed E-state index contributed by atoms with van der Waals surface area (Å²) in [6, 6.07) is 10.2. The summed E-state index contributed by atoms with van der Waals surface area (Å²) in [4.78, 5) is 4.25. The number of aromatic nitrogens is 2. The van der Waals surface area contributed by atoms with Gasteiger partial charge in [-0.05, 0) is 41.1 Å². The molecule has 0 aliphatic rings. The van der Waals surface area contributed by atoms with Gasteiger partial charge in [0.1, 0.15) is 12.4 Å². The van der Waals surface area contributed by atoms with Gasteiger partial charge >= 0.3 is 0 Å². The standard InChI is InChI=1S/C15H16BrN3/c1-3-19-12(2)5-4-6-14(19)9-10-17-15-8-7-13(16)11-18-15/h4-11H,3H2,1-2H3/p+1. The van der Waals surface area contributed by atoms with Gasteiger partial charge in [0.05, 0.1) is 0 Å². The van der Waals surface area contributed by atoms with E-state index < -0.39 is 0 Å². The highest BCUT2D eigenvalue weighted by Crippen LogP contribution is 2.10. The molecule has 2 aromatic rings. The number of hydrogen-bond acceptors (Lipinski definition) is 2. The maximum atomic E-state index is 4.25. The fraction of sp³-hybridized carbons (Fsp3) is 0.200. The van der Waals surface area contributed by atoms with Gasteiger partial charge in [0.15, 0.2) is 5.69 Å². The molecule has 2 rings (SSSR count). The third-order valence-corrected chi connectivity index (χ3v) is 3.34. The van der Waals surface area contributed by atoms with Crippen molar-refractivity contribution in [1.29, 1.82) is 0 Å². The quantitative estimate of drug-likeness (QED) is 0.873. The first-order valence-corrected chi connectivity index (χ1v) is 7.04. The first-order chi connectivity index (χ1) is 9.20. The van der Waals surface area contributed by atoms with Gasteiger partial charge in [-0.1, -0.05) is 0 Å². The molecule has 0 aliphatic heterocycles. The van der Waals surface area contributed by atoms with E-state index in [1.165, 1.54) is 11.4 Å². The van der Waals surface area contributed by atoms with Crippen LogP contribution in [0.15, 0.2) is 47.2 Å². The molecule has 2 aromatic heterocycles. The van der Waals surface area contributed by atoms with E-state index in [0.29, 0.717) is 0 Å². The van der Waals surface area contributed by atoms with E-state index in [0.717, 1.165) is 16.8 Å². The highest BCUT2D eigenvalue weighted by molar-refractivity contribution is 9.10. The van der Waals surface area contributed by atoms with Gasteiger partial charge in [0, 0.05) is 42.0 Å². The minimum atomic E-state index is 0.829. The first kappa shape index (κ1) is 13.7. The first-order valence-electron chi connectivity index (χ1n) is 6.25. The molecule has 0 bridgehead atoms. The highest BCUT2D eigenvalue weighted by Gasteiger charge is 2.07. The van der Waals surface area contributed by atoms with Crippen molar-refractivity contribution in [3.8, 4) is 0 Å². The summed E-state index contributed by atoms with van der Waals surface area (Å²) in [5, 5.41) is 3.17. The monoisotopic (exact) mass is 318 g/mol. The summed E-state index contributed by atoms with van der Waals surface area (Å²) in [6.07, 6.45) is 5.74. The largest absolute Gasteiger partial charge is 0.346 e. The van der Waals surface area contributed by atoms with Crippen LogP contribution in [0.5, 0.6) is 0 Å². The number of aryl methyl sites for hydroxylation is 1. The molecule has 0 fully saturated rings. The Bertz CT molecular complexity index is 576. The van der Waals surface area contributed by atoms with Gasteiger partial charge < -0.3 is 5.32 Å². The Hall–Kier alpha value is -1.68. The molecule has 0 atom stereocenters. The lowest BCUT2D eigenvalue weighted by atomic mass is 10.2. The molecular formula is C15H17BrN3+. The van der Waals surface area contributed by atoms with Gasteiger partial charge in [-0.15, -0.1) is 0 Å². The predicted octanol–water partition coefficient (Wildman–Crippen LogP) is 3.54. The van der Waals surface area contributed by atoms with Crippen LogP contribution in [0, 0.1) is 6.92 Å². The van der Waals surface area contributed by atoms with Crippen LogP contribution in [0.3, 0.4) is 0 Å². The van der Waals surface area contributed by atoms with Crippen LogP contribution in [0.25, 0.3) is 6.08 Å². The van der Waals surface area contributed by atoms with Crippen LogP contribution in [0.4, 0.5) is 5.82 Å². The van der Waals surface area contributed by atoms with Gasteiger partial charge in [-0.3, -0.25) is 0 Å². The fourth-order valence-electron chi connectivity index (χ4n) is 1.92. The van der Waals surface area contributed by atoms with Crippen molar-refractivity contribution in [2.75, 3.05) is 5.32 Å². The number of halogens is 1. The molecule has 0 saturated heterocycles. The minimum absolute atomic E-state index is 0.829. The normalized spacial score (nSPS) is 10.9. The summed E-state index contributed by atoms with van der Waals surface area (Å²) >= 11 is 3.37. The lowest BCUT2D eigenvalue weighted by molar-refractivity contribution is -0.701. The Morgan fingerprint density at radius 3 is 2.84 bits per heavy atom. The Balaban J connectivity index is 2.11. The maximum Gasteiger partial charge on any atom is 0.206 e. The smallest absolute Gasteiger partial charge is 0.206 e. The Labute approximate surface area is 122 Å². The van der Waals surface area contributed by atoms with E-state index in [-0.39, 0.29) is 0 Å². The average Bonchev–Trinajstić information content (AvgIpc) is 2.41. The molecule has 98 valence electrons. The molecule has 0 spiro atoms. The zero-order valence-electron chi connectivity index (χ0n) is 11.1. The van der Waals surface area contributed by atoms with E-state index in [9.17, 15) is 0 Å². The third kappa shape index (κ3) is 3.64. The van der Waals surface area contributed by atoms with Crippen molar-refractivity contribution in [3.05, 3.63) is 58.6 Å². The third-order valence-electron chi connectivity index (χ3n) is 2.87. The number of nitrogens with zero attached hydrogens (tertiary/aromatic N) is 2. The van der Waals surface area contributed by atoms with Crippen molar-refractivity contribution in [2.24, 2.45) is 0 Å². The number of nitrogens with one attached hydrogen (secondary N) is 1. The minimum Gasteiger partial charge on any atom is -0.346 e. The van der Waals surface area contributed by atoms with Crippen LogP contribution in [-0.4, -0.2) is 4.98 Å². The number of anilines is 1. The van der Waals surface area contributed by atoms with E-state index in [1.807, 2.05) is 18.3 Å². The van der Waals surface area contributed by atoms with Crippen LogP contribution in [0.1, 0.15) is 18.3 Å². The summed E-state index contributed by atoms with van der Waals surface area (Å²) in [5.74, 6) is 0.829. The zero-order chi connectivity index (χ0) is 13.7. The van der Waals surface area contributed by atoms with Crippen LogP contribution < -0.4 is 9.88 Å². The second-order valence-corrected chi connectivity index (χ2v) is 5.09. The molecule has 0 aliphatic carbocycles. The van der Waals surface area contributed by atoms with Gasteiger partial charge in [0.25, 0.3) is 0 Å². The van der Waals surface area contributed by atoms with Crippen LogP contribution in [-0.2, 0) is 6.54 Å². The summed E-state index contributed by atoms with van der Waals surface area (Å²) in [7, 11) is 0. The van der Waals surface area contributed by atoms with Crippen molar-refractivity contribution in [2.45, 2.75) is 20.4 Å².